The summed E-state index contributed by atoms with van der Waals surface area (Å²) in [7, 11) is 1.71. The van der Waals surface area contributed by atoms with E-state index in [1.807, 2.05) is 0 Å². The molecule has 1 aliphatic heterocycles. The van der Waals surface area contributed by atoms with Gasteiger partial charge in [0.15, 0.2) is 5.96 Å². The topological polar surface area (TPSA) is 58.1 Å². The molecule has 6 nitrogen and oxygen atoms in total. The molecule has 0 aromatic heterocycles. The lowest BCUT2D eigenvalue weighted by Crippen LogP contribution is -2.43. The van der Waals surface area contributed by atoms with Crippen LogP contribution >= 0.6 is 0 Å². The molecule has 2 rings (SSSR count). The van der Waals surface area contributed by atoms with Crippen LogP contribution in [0.25, 0.3) is 0 Å². The molecule has 2 N–H and O–H groups in total. The van der Waals surface area contributed by atoms with Crippen molar-refractivity contribution in [2.75, 3.05) is 46.6 Å². The van der Waals surface area contributed by atoms with E-state index in [4.69, 9.17) is 9.47 Å². The number of hydrogen-bond acceptors (Lipinski definition) is 4. The minimum Gasteiger partial charge on any atom is -0.383 e. The van der Waals surface area contributed by atoms with Gasteiger partial charge in [0, 0.05) is 39.3 Å². The quantitative estimate of drug-likeness (QED) is 0.552. The first-order valence-corrected chi connectivity index (χ1v) is 9.13. The van der Waals surface area contributed by atoms with Gasteiger partial charge in [-0.2, -0.15) is 0 Å². The lowest BCUT2D eigenvalue weighted by Gasteiger charge is -2.26. The van der Waals surface area contributed by atoms with Gasteiger partial charge in [-0.3, -0.25) is 4.90 Å². The van der Waals surface area contributed by atoms with Gasteiger partial charge in [0.25, 0.3) is 0 Å². The van der Waals surface area contributed by atoms with Crippen LogP contribution in [-0.4, -0.2) is 63.5 Å². The van der Waals surface area contributed by atoms with E-state index in [0.29, 0.717) is 13.2 Å². The molecule has 0 bridgehead atoms. The van der Waals surface area contributed by atoms with Crippen LogP contribution in [0.3, 0.4) is 0 Å². The lowest BCUT2D eigenvalue weighted by atomic mass is 10.1. The van der Waals surface area contributed by atoms with Crippen LogP contribution in [0.2, 0.25) is 0 Å². The minimum atomic E-state index is 0.221. The van der Waals surface area contributed by atoms with Crippen molar-refractivity contribution in [2.45, 2.75) is 33.0 Å². The summed E-state index contributed by atoms with van der Waals surface area (Å²) in [5.41, 5.74) is 2.55. The number of hydrogen-bond donors (Lipinski definition) is 2. The van der Waals surface area contributed by atoms with E-state index >= 15 is 0 Å². The lowest BCUT2D eigenvalue weighted by molar-refractivity contribution is 0.0342. The molecule has 0 aliphatic carbocycles. The first kappa shape index (κ1) is 19.7. The Morgan fingerprint density at radius 3 is 2.56 bits per heavy atom. The number of guanidine groups is 1. The first-order chi connectivity index (χ1) is 12.2. The average Bonchev–Trinajstić information content (AvgIpc) is 2.62. The predicted molar refractivity (Wildman–Crippen MR) is 102 cm³/mol. The number of nitrogens with one attached hydrogen (secondary N) is 2. The van der Waals surface area contributed by atoms with Crippen molar-refractivity contribution in [1.29, 1.82) is 0 Å². The molecule has 0 spiro atoms. The molecule has 0 amide bonds. The number of methoxy groups -OCH3 is 1. The number of benzene rings is 1. The molecule has 1 saturated heterocycles. The first-order valence-electron chi connectivity index (χ1n) is 9.13. The summed E-state index contributed by atoms with van der Waals surface area (Å²) in [5.74, 6) is 0.824. The van der Waals surface area contributed by atoms with Crippen LogP contribution in [0.15, 0.2) is 29.3 Å². The summed E-state index contributed by atoms with van der Waals surface area (Å²) >= 11 is 0. The molecule has 1 fully saturated rings. The third-order valence-corrected chi connectivity index (χ3v) is 4.10. The van der Waals surface area contributed by atoms with Crippen molar-refractivity contribution in [2.24, 2.45) is 4.99 Å². The van der Waals surface area contributed by atoms with Crippen LogP contribution in [-0.2, 0) is 22.6 Å². The van der Waals surface area contributed by atoms with E-state index in [2.05, 4.69) is 58.6 Å². The number of aliphatic imine (C=N–C) groups is 1. The van der Waals surface area contributed by atoms with Crippen LogP contribution in [0.4, 0.5) is 0 Å². The molecule has 6 heteroatoms. The number of morpholine rings is 1. The van der Waals surface area contributed by atoms with Crippen molar-refractivity contribution in [3.63, 3.8) is 0 Å². The van der Waals surface area contributed by atoms with Crippen molar-refractivity contribution in [1.82, 2.24) is 15.5 Å². The van der Waals surface area contributed by atoms with Crippen LogP contribution in [0.5, 0.6) is 0 Å². The van der Waals surface area contributed by atoms with Gasteiger partial charge in [-0.15, -0.1) is 0 Å². The minimum absolute atomic E-state index is 0.221. The maximum absolute atomic E-state index is 5.40. The van der Waals surface area contributed by atoms with Gasteiger partial charge in [-0.05, 0) is 25.0 Å². The summed E-state index contributed by atoms with van der Waals surface area (Å²) in [6.07, 6.45) is 0. The van der Waals surface area contributed by atoms with Crippen LogP contribution in [0.1, 0.15) is 25.0 Å². The highest BCUT2D eigenvalue weighted by Gasteiger charge is 2.10. The van der Waals surface area contributed by atoms with Crippen molar-refractivity contribution < 1.29 is 9.47 Å². The highest BCUT2D eigenvalue weighted by atomic mass is 16.5. The van der Waals surface area contributed by atoms with Crippen molar-refractivity contribution in [3.8, 4) is 0 Å². The summed E-state index contributed by atoms with van der Waals surface area (Å²) < 4.78 is 10.6. The Kier molecular flexibility index (Phi) is 8.72. The van der Waals surface area contributed by atoms with E-state index in [0.717, 1.165) is 45.4 Å². The summed E-state index contributed by atoms with van der Waals surface area (Å²) in [4.78, 5) is 7.09. The third-order valence-electron chi connectivity index (χ3n) is 4.10. The van der Waals surface area contributed by atoms with Gasteiger partial charge in [-0.1, -0.05) is 24.3 Å². The standard InChI is InChI=1S/C19H32N4O2/c1-4-20-19(22-16(2)15-24-3)21-13-17-5-7-18(8-6-17)14-23-9-11-25-12-10-23/h5-8,16H,4,9-15H2,1-3H3,(H2,20,21,22). The van der Waals surface area contributed by atoms with Crippen molar-refractivity contribution >= 4 is 5.96 Å². The average molecular weight is 348 g/mol. The number of ether oxygens (including phenoxy) is 2. The SMILES string of the molecule is CCNC(=NCc1ccc(CN2CCOCC2)cc1)NC(C)COC. The van der Waals surface area contributed by atoms with Gasteiger partial charge in [-0.25, -0.2) is 4.99 Å². The van der Waals surface area contributed by atoms with Crippen LogP contribution in [0, 0.1) is 0 Å². The number of rotatable bonds is 8. The molecular formula is C19H32N4O2. The molecule has 1 aliphatic rings. The molecule has 25 heavy (non-hydrogen) atoms. The van der Waals surface area contributed by atoms with Crippen molar-refractivity contribution in [3.05, 3.63) is 35.4 Å². The zero-order valence-corrected chi connectivity index (χ0v) is 15.8. The van der Waals surface area contributed by atoms with E-state index < -0.39 is 0 Å². The molecule has 1 heterocycles. The van der Waals surface area contributed by atoms with Crippen LogP contribution < -0.4 is 10.6 Å². The molecule has 1 aromatic rings. The fourth-order valence-electron chi connectivity index (χ4n) is 2.78. The predicted octanol–water partition coefficient (Wildman–Crippen LogP) is 1.61. The zero-order valence-electron chi connectivity index (χ0n) is 15.8. The molecule has 1 aromatic carbocycles. The Bertz CT molecular complexity index is 513. The van der Waals surface area contributed by atoms with Gasteiger partial charge < -0.3 is 20.1 Å². The zero-order chi connectivity index (χ0) is 17.9. The Morgan fingerprint density at radius 1 is 1.24 bits per heavy atom. The highest BCUT2D eigenvalue weighted by Crippen LogP contribution is 2.10. The van der Waals surface area contributed by atoms with E-state index in [9.17, 15) is 0 Å². The summed E-state index contributed by atoms with van der Waals surface area (Å²) in [6.45, 7) is 11.0. The molecule has 0 saturated carbocycles. The Hall–Kier alpha value is -1.63. The fourth-order valence-corrected chi connectivity index (χ4v) is 2.78. The van der Waals surface area contributed by atoms with E-state index in [1.54, 1.807) is 7.11 Å². The smallest absolute Gasteiger partial charge is 0.191 e. The number of nitrogens with zero attached hydrogens (tertiary/aromatic N) is 2. The Balaban J connectivity index is 1.87. The summed E-state index contributed by atoms with van der Waals surface area (Å²) in [5, 5.41) is 6.62. The molecule has 0 radical (unpaired) electrons. The van der Waals surface area contributed by atoms with Gasteiger partial charge in [0.1, 0.15) is 0 Å². The van der Waals surface area contributed by atoms with Gasteiger partial charge in [0.2, 0.25) is 0 Å². The largest absolute Gasteiger partial charge is 0.383 e. The summed E-state index contributed by atoms with van der Waals surface area (Å²) in [6, 6.07) is 8.96. The monoisotopic (exact) mass is 348 g/mol. The second kappa shape index (κ2) is 11.1. The Morgan fingerprint density at radius 2 is 1.92 bits per heavy atom. The maximum Gasteiger partial charge on any atom is 0.191 e. The second-order valence-corrected chi connectivity index (χ2v) is 6.40. The van der Waals surface area contributed by atoms with E-state index in [-0.39, 0.29) is 6.04 Å². The fraction of sp³-hybridized carbons (Fsp3) is 0.632. The van der Waals surface area contributed by atoms with Gasteiger partial charge in [0.05, 0.1) is 26.4 Å². The Labute approximate surface area is 151 Å². The second-order valence-electron chi connectivity index (χ2n) is 6.40. The molecular weight excluding hydrogens is 316 g/mol. The maximum atomic E-state index is 5.40. The third kappa shape index (κ3) is 7.42. The van der Waals surface area contributed by atoms with Gasteiger partial charge >= 0.3 is 0 Å². The molecule has 140 valence electrons. The van der Waals surface area contributed by atoms with E-state index in [1.165, 1.54) is 11.1 Å². The normalized spacial score (nSPS) is 17.3. The highest BCUT2D eigenvalue weighted by molar-refractivity contribution is 5.80. The molecule has 1 unspecified atom stereocenters. The molecule has 1 atom stereocenters.